The van der Waals surface area contributed by atoms with Gasteiger partial charge in [-0.3, -0.25) is 9.20 Å². The van der Waals surface area contributed by atoms with Gasteiger partial charge in [-0.25, -0.2) is 9.55 Å². The highest BCUT2D eigenvalue weighted by Gasteiger charge is 2.19. The second kappa shape index (κ2) is 8.18. The molecule has 0 saturated heterocycles. The number of aryl methyl sites for hydroxylation is 2. The number of hydrogen-bond acceptors (Lipinski definition) is 6. The van der Waals surface area contributed by atoms with E-state index in [1.807, 2.05) is 54.6 Å². The van der Waals surface area contributed by atoms with Crippen LogP contribution in [0, 0.1) is 13.8 Å². The Balaban J connectivity index is 1.68. The van der Waals surface area contributed by atoms with Crippen LogP contribution in [-0.4, -0.2) is 24.1 Å². The molecule has 32 heavy (non-hydrogen) atoms. The summed E-state index contributed by atoms with van der Waals surface area (Å²) >= 11 is 3.28. The lowest BCUT2D eigenvalue weighted by molar-refractivity contribution is 0.846. The molecule has 8 heteroatoms. The molecule has 0 N–H and O–H groups in total. The maximum Gasteiger partial charge on any atom is 0.267 e. The van der Waals surface area contributed by atoms with Crippen molar-refractivity contribution in [3.63, 3.8) is 0 Å². The van der Waals surface area contributed by atoms with Gasteiger partial charge in [0.05, 0.1) is 27.3 Å². The minimum Gasteiger partial charge on any atom is -0.268 e. The fraction of sp³-hybridized carbons (Fsp3) is 0.250. The maximum absolute atomic E-state index is 13.5. The third-order valence-corrected chi connectivity index (χ3v) is 7.56. The van der Waals surface area contributed by atoms with Crippen molar-refractivity contribution in [3.05, 3.63) is 80.0 Å². The van der Waals surface area contributed by atoms with Crippen LogP contribution in [0.1, 0.15) is 41.6 Å². The van der Waals surface area contributed by atoms with Crippen LogP contribution in [-0.2, 0) is 5.75 Å². The van der Waals surface area contributed by atoms with Crippen LogP contribution < -0.4 is 5.56 Å². The van der Waals surface area contributed by atoms with E-state index < -0.39 is 0 Å². The summed E-state index contributed by atoms with van der Waals surface area (Å²) in [6.45, 7) is 8.37. The largest absolute Gasteiger partial charge is 0.268 e. The predicted molar refractivity (Wildman–Crippen MR) is 131 cm³/mol. The molecule has 3 heterocycles. The Bertz CT molecular complexity index is 1510. The van der Waals surface area contributed by atoms with E-state index in [2.05, 4.69) is 35.5 Å². The molecule has 0 aliphatic rings. The lowest BCUT2D eigenvalue weighted by atomic mass is 10.1. The van der Waals surface area contributed by atoms with E-state index in [-0.39, 0.29) is 5.56 Å². The van der Waals surface area contributed by atoms with E-state index >= 15 is 0 Å². The number of thioether (sulfide) groups is 1. The summed E-state index contributed by atoms with van der Waals surface area (Å²) in [5, 5.41) is 13.5. The van der Waals surface area contributed by atoms with Crippen LogP contribution in [0.3, 0.4) is 0 Å². The van der Waals surface area contributed by atoms with Gasteiger partial charge in [0.25, 0.3) is 5.56 Å². The SMILES string of the molecule is Cc1ccc(-n2c(=O)c3ccccc3n3c(SCc4csc(C(C)C)n4)nnc23)c(C)c1. The zero-order valence-electron chi connectivity index (χ0n) is 18.4. The molecule has 0 spiro atoms. The number of nitrogens with zero attached hydrogens (tertiary/aromatic N) is 5. The Kier molecular flexibility index (Phi) is 5.35. The third kappa shape index (κ3) is 3.53. The first kappa shape index (κ1) is 20.9. The number of aromatic nitrogens is 5. The van der Waals surface area contributed by atoms with Gasteiger partial charge in [0, 0.05) is 17.1 Å². The Hall–Kier alpha value is -2.97. The lowest BCUT2D eigenvalue weighted by Crippen LogP contribution is -2.22. The van der Waals surface area contributed by atoms with Crippen LogP contribution in [0.4, 0.5) is 0 Å². The summed E-state index contributed by atoms with van der Waals surface area (Å²) in [6.07, 6.45) is 0. The molecular formula is C24H23N5OS2. The number of hydrogen-bond donors (Lipinski definition) is 0. The monoisotopic (exact) mass is 461 g/mol. The third-order valence-electron chi connectivity index (χ3n) is 5.40. The van der Waals surface area contributed by atoms with Crippen LogP contribution in [0.5, 0.6) is 0 Å². The zero-order chi connectivity index (χ0) is 22.4. The smallest absolute Gasteiger partial charge is 0.267 e. The minimum absolute atomic E-state index is 0.0925. The molecule has 2 aromatic carbocycles. The minimum atomic E-state index is -0.0925. The Morgan fingerprint density at radius 1 is 1.09 bits per heavy atom. The van der Waals surface area contributed by atoms with Gasteiger partial charge in [-0.05, 0) is 37.6 Å². The van der Waals surface area contributed by atoms with Gasteiger partial charge in [-0.15, -0.1) is 21.5 Å². The highest BCUT2D eigenvalue weighted by atomic mass is 32.2. The van der Waals surface area contributed by atoms with Gasteiger partial charge in [0.2, 0.25) is 5.78 Å². The van der Waals surface area contributed by atoms with Gasteiger partial charge in [-0.1, -0.05) is 55.4 Å². The van der Waals surface area contributed by atoms with Crippen molar-refractivity contribution in [2.75, 3.05) is 0 Å². The predicted octanol–water partition coefficient (Wildman–Crippen LogP) is 5.52. The molecule has 0 amide bonds. The zero-order valence-corrected chi connectivity index (χ0v) is 20.0. The van der Waals surface area contributed by atoms with Gasteiger partial charge >= 0.3 is 0 Å². The summed E-state index contributed by atoms with van der Waals surface area (Å²) in [7, 11) is 0. The molecule has 5 aromatic rings. The van der Waals surface area contributed by atoms with Gasteiger partial charge in [0.1, 0.15) is 0 Å². The molecule has 0 aliphatic carbocycles. The topological polar surface area (TPSA) is 65.1 Å². The second-order valence-electron chi connectivity index (χ2n) is 8.19. The summed E-state index contributed by atoms with van der Waals surface area (Å²) < 4.78 is 3.66. The van der Waals surface area contributed by atoms with Gasteiger partial charge in [0.15, 0.2) is 5.16 Å². The van der Waals surface area contributed by atoms with Crippen LogP contribution >= 0.6 is 23.1 Å². The van der Waals surface area contributed by atoms with E-state index in [9.17, 15) is 4.79 Å². The molecule has 0 bridgehead atoms. The molecule has 0 aliphatic heterocycles. The van der Waals surface area contributed by atoms with Crippen molar-refractivity contribution < 1.29 is 0 Å². The highest BCUT2D eigenvalue weighted by molar-refractivity contribution is 7.98. The molecule has 5 rings (SSSR count). The molecular weight excluding hydrogens is 438 g/mol. The molecule has 162 valence electrons. The van der Waals surface area contributed by atoms with Crippen LogP contribution in [0.25, 0.3) is 22.4 Å². The summed E-state index contributed by atoms with van der Waals surface area (Å²) in [4.78, 5) is 18.2. The standard InChI is InChI=1S/C24H23N5OS2/c1-14(2)21-25-17(12-31-21)13-32-24-27-26-23-28(19-10-9-15(3)11-16(19)4)22(30)18-7-5-6-8-20(18)29(23)24/h5-12,14H,13H2,1-4H3. The maximum atomic E-state index is 13.5. The summed E-state index contributed by atoms with van der Waals surface area (Å²) in [5.74, 6) is 1.63. The van der Waals surface area contributed by atoms with Crippen molar-refractivity contribution in [3.8, 4) is 5.69 Å². The van der Waals surface area contributed by atoms with Crippen molar-refractivity contribution in [1.29, 1.82) is 0 Å². The number of fused-ring (bicyclic) bond motifs is 3. The van der Waals surface area contributed by atoms with E-state index in [0.717, 1.165) is 38.2 Å². The molecule has 0 atom stereocenters. The Labute approximate surface area is 194 Å². The number of para-hydroxylation sites is 1. The summed E-state index contributed by atoms with van der Waals surface area (Å²) in [5.41, 5.74) is 4.74. The first-order chi connectivity index (χ1) is 15.4. The van der Waals surface area contributed by atoms with Gasteiger partial charge < -0.3 is 0 Å². The number of benzene rings is 2. The van der Waals surface area contributed by atoms with E-state index in [1.165, 1.54) is 0 Å². The summed E-state index contributed by atoms with van der Waals surface area (Å²) in [6, 6.07) is 13.7. The fourth-order valence-corrected chi connectivity index (χ4v) is 5.61. The lowest BCUT2D eigenvalue weighted by Gasteiger charge is -2.13. The molecule has 6 nitrogen and oxygen atoms in total. The van der Waals surface area contributed by atoms with Crippen molar-refractivity contribution in [2.24, 2.45) is 0 Å². The molecule has 0 saturated carbocycles. The first-order valence-electron chi connectivity index (χ1n) is 10.5. The van der Waals surface area contributed by atoms with E-state index in [0.29, 0.717) is 22.8 Å². The second-order valence-corrected chi connectivity index (χ2v) is 10.0. The van der Waals surface area contributed by atoms with Crippen molar-refractivity contribution in [2.45, 2.75) is 44.5 Å². The first-order valence-corrected chi connectivity index (χ1v) is 12.3. The average Bonchev–Trinajstić information content (AvgIpc) is 3.41. The quantitative estimate of drug-likeness (QED) is 0.322. The number of thiazole rings is 1. The molecule has 0 unspecified atom stereocenters. The van der Waals surface area contributed by atoms with Crippen LogP contribution in [0.15, 0.2) is 57.8 Å². The number of rotatable bonds is 5. The van der Waals surface area contributed by atoms with E-state index in [4.69, 9.17) is 4.98 Å². The average molecular weight is 462 g/mol. The Morgan fingerprint density at radius 2 is 1.91 bits per heavy atom. The van der Waals surface area contributed by atoms with Crippen molar-refractivity contribution >= 4 is 39.8 Å². The van der Waals surface area contributed by atoms with Gasteiger partial charge in [-0.2, -0.15) is 0 Å². The molecule has 0 fully saturated rings. The Morgan fingerprint density at radius 3 is 2.66 bits per heavy atom. The van der Waals surface area contributed by atoms with Crippen LogP contribution in [0.2, 0.25) is 0 Å². The normalized spacial score (nSPS) is 11.8. The van der Waals surface area contributed by atoms with Crippen molar-refractivity contribution in [1.82, 2.24) is 24.1 Å². The molecule has 3 aromatic heterocycles. The fourth-order valence-electron chi connectivity index (χ4n) is 3.84. The highest BCUT2D eigenvalue weighted by Crippen LogP contribution is 2.28. The van der Waals surface area contributed by atoms with E-state index in [1.54, 1.807) is 27.7 Å². The molecule has 0 radical (unpaired) electrons.